The second-order valence-electron chi connectivity index (χ2n) is 3.31. The molecular formula is C9H12N6OS2. The number of hydrogen-bond acceptors (Lipinski definition) is 7. The quantitative estimate of drug-likeness (QED) is 0.604. The molecule has 0 amide bonds. The Morgan fingerprint density at radius 3 is 3.06 bits per heavy atom. The molecule has 1 atom stereocenters. The Labute approximate surface area is 111 Å². The normalized spacial score (nSPS) is 12.9. The van der Waals surface area contributed by atoms with Gasteiger partial charge in [-0.25, -0.2) is 0 Å². The number of hydrogen-bond donors (Lipinski definition) is 2. The maximum Gasteiger partial charge on any atom is 0.229 e. The summed E-state index contributed by atoms with van der Waals surface area (Å²) >= 11 is 0.235. The zero-order valence-corrected chi connectivity index (χ0v) is 11.1. The van der Waals surface area contributed by atoms with Gasteiger partial charge >= 0.3 is 0 Å². The van der Waals surface area contributed by atoms with Crippen LogP contribution < -0.4 is 11.2 Å². The van der Waals surface area contributed by atoms with Gasteiger partial charge in [0.1, 0.15) is 0 Å². The molecule has 0 spiro atoms. The van der Waals surface area contributed by atoms with Crippen LogP contribution in [0.5, 0.6) is 0 Å². The van der Waals surface area contributed by atoms with Gasteiger partial charge in [-0.15, -0.1) is 4.37 Å². The Balaban J connectivity index is 1.77. The molecule has 0 radical (unpaired) electrons. The van der Waals surface area contributed by atoms with Crippen LogP contribution in [0.1, 0.15) is 5.69 Å². The molecule has 0 aliphatic heterocycles. The van der Waals surface area contributed by atoms with Crippen molar-refractivity contribution in [2.45, 2.75) is 5.75 Å². The second kappa shape index (κ2) is 6.47. The van der Waals surface area contributed by atoms with Crippen LogP contribution in [-0.4, -0.2) is 35.6 Å². The number of aromatic amines is 1. The molecule has 0 aromatic carbocycles. The van der Waals surface area contributed by atoms with Gasteiger partial charge in [0, 0.05) is 34.5 Å². The number of nitrogens with one attached hydrogen (secondary N) is 1. The van der Waals surface area contributed by atoms with E-state index in [0.717, 1.165) is 17.2 Å². The number of thioether (sulfide) groups is 1. The summed E-state index contributed by atoms with van der Waals surface area (Å²) in [7, 11) is 0. The summed E-state index contributed by atoms with van der Waals surface area (Å²) in [6.07, 6.45) is 5.06. The Hall–Kier alpha value is -1.45. The predicted octanol–water partition coefficient (Wildman–Crippen LogP) is 0.344. The van der Waals surface area contributed by atoms with Crippen LogP contribution in [0.3, 0.4) is 0 Å². The summed E-state index contributed by atoms with van der Waals surface area (Å²) in [4.78, 5) is 12.3. The third-order valence-electron chi connectivity index (χ3n) is 1.98. The van der Waals surface area contributed by atoms with Crippen LogP contribution in [0.25, 0.3) is 0 Å². The summed E-state index contributed by atoms with van der Waals surface area (Å²) in [5, 5.41) is 0. The van der Waals surface area contributed by atoms with Crippen molar-refractivity contribution in [3.05, 3.63) is 29.8 Å². The fraction of sp³-hybridized carbons (Fsp3) is 0.333. The van der Waals surface area contributed by atoms with E-state index in [9.17, 15) is 4.55 Å². The van der Waals surface area contributed by atoms with Gasteiger partial charge in [-0.3, -0.25) is 15.0 Å². The van der Waals surface area contributed by atoms with Gasteiger partial charge in [0.05, 0.1) is 12.2 Å². The van der Waals surface area contributed by atoms with Gasteiger partial charge in [-0.2, -0.15) is 11.8 Å². The van der Waals surface area contributed by atoms with Gasteiger partial charge < -0.3 is 10.3 Å². The highest BCUT2D eigenvalue weighted by molar-refractivity contribution is 7.98. The fourth-order valence-corrected chi connectivity index (χ4v) is 2.58. The maximum absolute atomic E-state index is 11.0. The lowest BCUT2D eigenvalue weighted by Crippen LogP contribution is -2.09. The first-order valence-corrected chi connectivity index (χ1v) is 7.42. The molecule has 7 nitrogen and oxygen atoms in total. The lowest BCUT2D eigenvalue weighted by atomic mass is 10.5. The van der Waals surface area contributed by atoms with E-state index in [1.54, 1.807) is 30.4 Å². The smallest absolute Gasteiger partial charge is 0.229 e. The molecule has 0 saturated carbocycles. The summed E-state index contributed by atoms with van der Waals surface area (Å²) in [6.45, 7) is 0.584. The fourth-order valence-electron chi connectivity index (χ4n) is 1.21. The highest BCUT2D eigenvalue weighted by Gasteiger charge is 2.02. The van der Waals surface area contributed by atoms with Crippen LogP contribution in [0, 0.1) is 0 Å². The van der Waals surface area contributed by atoms with Gasteiger partial charge in [-0.1, -0.05) is 0 Å². The van der Waals surface area contributed by atoms with E-state index in [1.165, 1.54) is 0 Å². The van der Waals surface area contributed by atoms with E-state index in [2.05, 4.69) is 23.7 Å². The first kappa shape index (κ1) is 13.0. The van der Waals surface area contributed by atoms with Crippen LogP contribution in [-0.2, 0) is 5.75 Å². The lowest BCUT2D eigenvalue weighted by molar-refractivity contribution is 0.584. The minimum absolute atomic E-state index is 0.201. The lowest BCUT2D eigenvalue weighted by Gasteiger charge is -1.97. The van der Waals surface area contributed by atoms with Crippen molar-refractivity contribution < 1.29 is 4.55 Å². The van der Waals surface area contributed by atoms with Crippen molar-refractivity contribution in [2.24, 2.45) is 4.99 Å². The number of aromatic nitrogens is 4. The third kappa shape index (κ3) is 3.79. The molecule has 2 rings (SSSR count). The maximum atomic E-state index is 11.0. The van der Waals surface area contributed by atoms with Crippen molar-refractivity contribution in [1.29, 1.82) is 0 Å². The van der Waals surface area contributed by atoms with E-state index in [-0.39, 0.29) is 5.82 Å². The number of nitrogen functional groups attached to an aromatic ring is 1. The van der Waals surface area contributed by atoms with E-state index in [4.69, 9.17) is 5.73 Å². The molecule has 18 heavy (non-hydrogen) atoms. The highest BCUT2D eigenvalue weighted by atomic mass is 32.2. The monoisotopic (exact) mass is 284 g/mol. The van der Waals surface area contributed by atoms with Crippen molar-refractivity contribution in [3.8, 4) is 0 Å². The minimum atomic E-state index is -1.46. The molecule has 0 saturated heterocycles. The first-order chi connectivity index (χ1) is 8.75. The third-order valence-corrected chi connectivity index (χ3v) is 3.68. The number of H-pyrrole nitrogens is 1. The molecule has 1 unspecified atom stereocenters. The Bertz CT molecular complexity index is 552. The Morgan fingerprint density at radius 2 is 2.39 bits per heavy atom. The SMILES string of the molecule is Nc1n[s+]([O-])[nH]c1=NCCSCc1cnccn1. The van der Waals surface area contributed by atoms with E-state index in [0.29, 0.717) is 12.0 Å². The molecule has 3 N–H and O–H groups in total. The van der Waals surface area contributed by atoms with Gasteiger partial charge in [-0.05, 0) is 0 Å². The van der Waals surface area contributed by atoms with Crippen molar-refractivity contribution in [2.75, 3.05) is 18.0 Å². The van der Waals surface area contributed by atoms with Gasteiger partial charge in [0.2, 0.25) is 11.3 Å². The second-order valence-corrected chi connectivity index (χ2v) is 5.30. The molecule has 9 heteroatoms. The molecule has 2 heterocycles. The molecular weight excluding hydrogens is 272 g/mol. The molecule has 96 valence electrons. The van der Waals surface area contributed by atoms with Crippen molar-refractivity contribution in [3.63, 3.8) is 0 Å². The van der Waals surface area contributed by atoms with Crippen LogP contribution in [0.15, 0.2) is 23.6 Å². The number of anilines is 1. The van der Waals surface area contributed by atoms with Crippen LogP contribution >= 0.6 is 22.9 Å². The molecule has 2 aromatic rings. The number of rotatable bonds is 5. The van der Waals surface area contributed by atoms with E-state index < -0.39 is 11.1 Å². The standard InChI is InChI=1S/C9H12N6OS2/c10-8-9(15-18(16)14-8)13-3-4-17-6-7-5-11-1-2-12-7/h1-2,5H,3-4,6H2,(H2,10,14)(H,13,15). The average Bonchev–Trinajstić information content (AvgIpc) is 2.69. The zero-order valence-electron chi connectivity index (χ0n) is 9.44. The first-order valence-electron chi connectivity index (χ1n) is 5.16. The van der Waals surface area contributed by atoms with Crippen LogP contribution in [0.2, 0.25) is 0 Å². The Morgan fingerprint density at radius 1 is 1.50 bits per heavy atom. The average molecular weight is 284 g/mol. The van der Waals surface area contributed by atoms with E-state index >= 15 is 0 Å². The summed E-state index contributed by atoms with van der Waals surface area (Å²) < 4.78 is 17.2. The van der Waals surface area contributed by atoms with Crippen molar-refractivity contribution >= 4 is 28.7 Å². The van der Waals surface area contributed by atoms with Crippen LogP contribution in [0.4, 0.5) is 5.82 Å². The molecule has 2 aromatic heterocycles. The number of nitrogens with two attached hydrogens (primary N) is 1. The largest absolute Gasteiger partial charge is 0.548 e. The molecule has 0 fully saturated rings. The molecule has 0 aliphatic carbocycles. The Kier molecular flexibility index (Phi) is 4.67. The summed E-state index contributed by atoms with van der Waals surface area (Å²) in [5.41, 5.74) is 6.87. The highest BCUT2D eigenvalue weighted by Crippen LogP contribution is 2.08. The van der Waals surface area contributed by atoms with E-state index in [1.807, 2.05) is 0 Å². The topological polar surface area (TPSA) is 116 Å². The van der Waals surface area contributed by atoms with Crippen molar-refractivity contribution in [1.82, 2.24) is 18.7 Å². The summed E-state index contributed by atoms with van der Waals surface area (Å²) in [5.74, 6) is 1.82. The zero-order chi connectivity index (χ0) is 12.8. The van der Waals surface area contributed by atoms with Gasteiger partial charge in [0.25, 0.3) is 0 Å². The number of nitrogens with zero attached hydrogens (tertiary/aromatic N) is 4. The minimum Gasteiger partial charge on any atom is -0.548 e. The summed E-state index contributed by atoms with van der Waals surface area (Å²) in [6, 6.07) is 0. The molecule has 0 aliphatic rings. The molecule has 0 bridgehead atoms. The predicted molar refractivity (Wildman–Crippen MR) is 70.3 cm³/mol. The van der Waals surface area contributed by atoms with Gasteiger partial charge in [0.15, 0.2) is 11.1 Å².